The second-order valence-electron chi connectivity index (χ2n) is 3.06. The number of H-pyrrole nitrogens is 1. The van der Waals surface area contributed by atoms with E-state index >= 15 is 0 Å². The van der Waals surface area contributed by atoms with Gasteiger partial charge in [0.25, 0.3) is 0 Å². The molecule has 0 saturated carbocycles. The van der Waals surface area contributed by atoms with Crippen molar-refractivity contribution in [3.63, 3.8) is 0 Å². The predicted molar refractivity (Wildman–Crippen MR) is 57.6 cm³/mol. The molecule has 0 aliphatic heterocycles. The van der Waals surface area contributed by atoms with Crippen LogP contribution in [0, 0.1) is 5.82 Å². The zero-order valence-electron chi connectivity index (χ0n) is 7.91. The molecule has 1 aromatic carbocycles. The zero-order chi connectivity index (χ0) is 11.7. The molecule has 82 valence electrons. The molecule has 0 spiro atoms. The van der Waals surface area contributed by atoms with Gasteiger partial charge in [-0.3, -0.25) is 14.2 Å². The SMILES string of the molecule is O=c1[nH]ccn(-c2ccc(F)c(Cl)c2)c1=O. The molecule has 16 heavy (non-hydrogen) atoms. The number of nitrogens with zero attached hydrogens (tertiary/aromatic N) is 1. The van der Waals surface area contributed by atoms with Crippen molar-refractivity contribution in [1.29, 1.82) is 0 Å². The summed E-state index contributed by atoms with van der Waals surface area (Å²) < 4.78 is 14.0. The largest absolute Gasteiger partial charge is 0.323 e. The normalized spacial score (nSPS) is 10.4. The minimum absolute atomic E-state index is 0.107. The Morgan fingerprint density at radius 3 is 2.75 bits per heavy atom. The highest BCUT2D eigenvalue weighted by Gasteiger charge is 2.05. The number of aromatic nitrogens is 2. The fourth-order valence-electron chi connectivity index (χ4n) is 1.26. The van der Waals surface area contributed by atoms with Crippen molar-refractivity contribution in [2.45, 2.75) is 0 Å². The monoisotopic (exact) mass is 240 g/mol. The Hall–Kier alpha value is -1.88. The minimum atomic E-state index is -0.747. The fourth-order valence-corrected chi connectivity index (χ4v) is 1.44. The van der Waals surface area contributed by atoms with Crippen molar-refractivity contribution in [3.05, 3.63) is 62.1 Å². The van der Waals surface area contributed by atoms with Gasteiger partial charge in [0.2, 0.25) is 0 Å². The molecular weight excluding hydrogens is 235 g/mol. The van der Waals surface area contributed by atoms with E-state index in [1.54, 1.807) is 0 Å². The maximum absolute atomic E-state index is 12.9. The number of hydrogen-bond acceptors (Lipinski definition) is 2. The standard InChI is InChI=1S/C10H6ClFN2O2/c11-7-5-6(1-2-8(7)12)14-4-3-13-9(15)10(14)16/h1-5H,(H,13,15). The van der Waals surface area contributed by atoms with Crippen LogP contribution in [-0.4, -0.2) is 9.55 Å². The van der Waals surface area contributed by atoms with Gasteiger partial charge in [-0.05, 0) is 18.2 Å². The first kappa shape index (κ1) is 10.6. The van der Waals surface area contributed by atoms with Crippen molar-refractivity contribution in [3.8, 4) is 5.69 Å². The molecule has 0 saturated heterocycles. The lowest BCUT2D eigenvalue weighted by Crippen LogP contribution is -2.34. The van der Waals surface area contributed by atoms with E-state index in [1.807, 2.05) is 0 Å². The van der Waals surface area contributed by atoms with Crippen LogP contribution in [0.5, 0.6) is 0 Å². The van der Waals surface area contributed by atoms with E-state index in [0.29, 0.717) is 5.69 Å². The van der Waals surface area contributed by atoms with Gasteiger partial charge in [0.05, 0.1) is 10.7 Å². The van der Waals surface area contributed by atoms with E-state index < -0.39 is 16.9 Å². The summed E-state index contributed by atoms with van der Waals surface area (Å²) in [4.78, 5) is 24.8. The molecule has 6 heteroatoms. The molecule has 0 aliphatic rings. The van der Waals surface area contributed by atoms with E-state index in [1.165, 1.54) is 24.5 Å². The lowest BCUT2D eigenvalue weighted by atomic mass is 10.3. The molecule has 0 fully saturated rings. The van der Waals surface area contributed by atoms with Gasteiger partial charge >= 0.3 is 11.1 Å². The molecule has 0 aliphatic carbocycles. The molecule has 0 unspecified atom stereocenters. The van der Waals surface area contributed by atoms with E-state index in [4.69, 9.17) is 11.6 Å². The molecule has 1 aromatic heterocycles. The Balaban J connectivity index is 2.68. The lowest BCUT2D eigenvalue weighted by molar-refractivity contribution is 0.627. The third kappa shape index (κ3) is 1.77. The molecule has 2 aromatic rings. The van der Waals surface area contributed by atoms with E-state index in [-0.39, 0.29) is 5.02 Å². The summed E-state index contributed by atoms with van der Waals surface area (Å²) >= 11 is 5.58. The quantitative estimate of drug-likeness (QED) is 0.765. The summed E-state index contributed by atoms with van der Waals surface area (Å²) in [7, 11) is 0. The van der Waals surface area contributed by atoms with Gasteiger partial charge in [0.15, 0.2) is 0 Å². The smallest absolute Gasteiger partial charge is 0.320 e. The highest BCUT2D eigenvalue weighted by molar-refractivity contribution is 6.30. The van der Waals surface area contributed by atoms with Crippen LogP contribution in [0.15, 0.2) is 40.2 Å². The Kier molecular flexibility index (Phi) is 2.62. The van der Waals surface area contributed by atoms with Crippen LogP contribution in [0.2, 0.25) is 5.02 Å². The second-order valence-corrected chi connectivity index (χ2v) is 3.47. The molecule has 0 amide bonds. The summed E-state index contributed by atoms with van der Waals surface area (Å²) in [6.45, 7) is 0. The molecule has 0 bridgehead atoms. The fraction of sp³-hybridized carbons (Fsp3) is 0. The van der Waals surface area contributed by atoms with Gasteiger partial charge in [0.1, 0.15) is 5.82 Å². The highest BCUT2D eigenvalue weighted by atomic mass is 35.5. The van der Waals surface area contributed by atoms with Gasteiger partial charge in [-0.15, -0.1) is 0 Å². The number of aromatic amines is 1. The molecule has 0 atom stereocenters. The van der Waals surface area contributed by atoms with Crippen LogP contribution < -0.4 is 11.1 Å². The first-order valence-electron chi connectivity index (χ1n) is 4.35. The van der Waals surface area contributed by atoms with Gasteiger partial charge in [-0.25, -0.2) is 4.39 Å². The van der Waals surface area contributed by atoms with E-state index in [9.17, 15) is 14.0 Å². The zero-order valence-corrected chi connectivity index (χ0v) is 8.66. The maximum atomic E-state index is 12.9. The van der Waals surface area contributed by atoms with E-state index in [0.717, 1.165) is 10.6 Å². The molecule has 1 N–H and O–H groups in total. The van der Waals surface area contributed by atoms with E-state index in [2.05, 4.69) is 4.98 Å². The first-order valence-corrected chi connectivity index (χ1v) is 4.73. The average molecular weight is 241 g/mol. The van der Waals surface area contributed by atoms with Gasteiger partial charge in [0, 0.05) is 12.4 Å². The van der Waals surface area contributed by atoms with Crippen molar-refractivity contribution >= 4 is 11.6 Å². The van der Waals surface area contributed by atoms with Crippen LogP contribution in [0.4, 0.5) is 4.39 Å². The van der Waals surface area contributed by atoms with Crippen molar-refractivity contribution < 1.29 is 4.39 Å². The van der Waals surface area contributed by atoms with Crippen LogP contribution in [-0.2, 0) is 0 Å². The number of rotatable bonds is 1. The van der Waals surface area contributed by atoms with Crippen molar-refractivity contribution in [2.75, 3.05) is 0 Å². The molecule has 4 nitrogen and oxygen atoms in total. The van der Waals surface area contributed by atoms with Crippen LogP contribution in [0.3, 0.4) is 0 Å². The Morgan fingerprint density at radius 2 is 2.06 bits per heavy atom. The molecule has 2 rings (SSSR count). The van der Waals surface area contributed by atoms with Crippen molar-refractivity contribution in [1.82, 2.24) is 9.55 Å². The van der Waals surface area contributed by atoms with Gasteiger partial charge in [-0.2, -0.15) is 0 Å². The lowest BCUT2D eigenvalue weighted by Gasteiger charge is -2.04. The summed E-state index contributed by atoms with van der Waals surface area (Å²) in [6.07, 6.45) is 2.69. The third-order valence-electron chi connectivity index (χ3n) is 2.03. The second kappa shape index (κ2) is 3.94. The topological polar surface area (TPSA) is 54.9 Å². The summed E-state index contributed by atoms with van der Waals surface area (Å²) in [5.41, 5.74) is -1.16. The van der Waals surface area contributed by atoms with Crippen LogP contribution in [0.25, 0.3) is 5.69 Å². The highest BCUT2D eigenvalue weighted by Crippen LogP contribution is 2.17. The minimum Gasteiger partial charge on any atom is -0.323 e. The summed E-state index contributed by atoms with van der Waals surface area (Å²) in [5, 5.41) is -0.107. The molecular formula is C10H6ClFN2O2. The molecule has 1 heterocycles. The number of halogens is 2. The Labute approximate surface area is 93.9 Å². The Bertz CT molecular complexity index is 648. The predicted octanol–water partition coefficient (Wildman–Crippen LogP) is 1.32. The van der Waals surface area contributed by atoms with Crippen LogP contribution >= 0.6 is 11.6 Å². The van der Waals surface area contributed by atoms with Crippen LogP contribution in [0.1, 0.15) is 0 Å². The average Bonchev–Trinajstić information content (AvgIpc) is 2.26. The Morgan fingerprint density at radius 1 is 1.31 bits per heavy atom. The number of hydrogen-bond donors (Lipinski definition) is 1. The maximum Gasteiger partial charge on any atom is 0.320 e. The first-order chi connectivity index (χ1) is 7.59. The van der Waals surface area contributed by atoms with Gasteiger partial charge in [-0.1, -0.05) is 11.6 Å². The summed E-state index contributed by atoms with van der Waals surface area (Å²) in [6, 6.07) is 3.77. The van der Waals surface area contributed by atoms with Crippen molar-refractivity contribution in [2.24, 2.45) is 0 Å². The molecule has 0 radical (unpaired) electrons. The third-order valence-corrected chi connectivity index (χ3v) is 2.32. The number of benzene rings is 1. The number of nitrogens with one attached hydrogen (secondary N) is 1. The van der Waals surface area contributed by atoms with Gasteiger partial charge < -0.3 is 4.98 Å². The summed E-state index contributed by atoms with van der Waals surface area (Å²) in [5.74, 6) is -0.580.